The molecule has 0 aliphatic heterocycles. The molecule has 1 aromatic carbocycles. The number of hydrogen-bond acceptors (Lipinski definition) is 4. The van der Waals surface area contributed by atoms with Crippen LogP contribution >= 0.6 is 0 Å². The number of benzene rings is 1. The van der Waals surface area contributed by atoms with Gasteiger partial charge < -0.3 is 4.42 Å². The molecule has 0 fully saturated rings. The smallest absolute Gasteiger partial charge is 0.272 e. The van der Waals surface area contributed by atoms with E-state index in [-0.39, 0.29) is 10.9 Å². The van der Waals surface area contributed by atoms with Crippen LogP contribution in [0.3, 0.4) is 0 Å². The molecule has 0 bridgehead atoms. The van der Waals surface area contributed by atoms with Crippen LogP contribution in [-0.2, 0) is 16.4 Å². The second-order valence-electron chi connectivity index (χ2n) is 6.61. The molecule has 1 atom stereocenters. The van der Waals surface area contributed by atoms with Gasteiger partial charge >= 0.3 is 0 Å². The normalized spacial score (nSPS) is 12.5. The SMILES string of the molecule is CCN(c1ccccc1)S(=O)(=O)c1ccc(N[C@H](C)CCc2ccco2)[nH+]c1. The number of nitrogens with zero attached hydrogens (tertiary/aromatic N) is 1. The van der Waals surface area contributed by atoms with Crippen molar-refractivity contribution >= 4 is 21.5 Å². The van der Waals surface area contributed by atoms with Crippen molar-refractivity contribution < 1.29 is 17.8 Å². The van der Waals surface area contributed by atoms with Gasteiger partial charge in [0.1, 0.15) is 16.9 Å². The monoisotopic (exact) mass is 400 g/mol. The summed E-state index contributed by atoms with van der Waals surface area (Å²) in [5.74, 6) is 1.73. The number of pyridine rings is 1. The van der Waals surface area contributed by atoms with E-state index in [1.165, 1.54) is 10.5 Å². The quantitative estimate of drug-likeness (QED) is 0.594. The second-order valence-corrected chi connectivity index (χ2v) is 8.47. The van der Waals surface area contributed by atoms with Gasteiger partial charge in [-0.25, -0.2) is 13.4 Å². The van der Waals surface area contributed by atoms with Crippen LogP contribution in [-0.4, -0.2) is 21.0 Å². The number of furan rings is 1. The lowest BCUT2D eigenvalue weighted by atomic mass is 10.1. The van der Waals surface area contributed by atoms with Crippen LogP contribution in [0.1, 0.15) is 26.0 Å². The average Bonchev–Trinajstić information content (AvgIpc) is 3.22. The van der Waals surface area contributed by atoms with E-state index < -0.39 is 10.0 Å². The largest absolute Gasteiger partial charge is 0.469 e. The second kappa shape index (κ2) is 8.93. The van der Waals surface area contributed by atoms with E-state index in [2.05, 4.69) is 17.2 Å². The Bertz CT molecular complexity index is 956. The van der Waals surface area contributed by atoms with Crippen molar-refractivity contribution in [2.75, 3.05) is 16.2 Å². The number of nitrogens with one attached hydrogen (secondary N) is 2. The Hall–Kier alpha value is -2.80. The van der Waals surface area contributed by atoms with Gasteiger partial charge in [0.05, 0.1) is 18.0 Å². The molecule has 2 N–H and O–H groups in total. The van der Waals surface area contributed by atoms with Crippen LogP contribution in [0.4, 0.5) is 11.5 Å². The third-order valence-electron chi connectivity index (χ3n) is 4.51. The standard InChI is InChI=1S/C21H25N3O3S/c1-3-24(18-8-5-4-6-9-18)28(25,26)20-13-14-21(22-16-20)23-17(2)11-12-19-10-7-15-27-19/h4-10,13-17H,3,11-12H2,1-2H3,(H,22,23)/p+1/t17-/m1/s1. The van der Waals surface area contributed by atoms with Gasteiger partial charge in [0.2, 0.25) is 0 Å². The number of aromatic nitrogens is 1. The summed E-state index contributed by atoms with van der Waals surface area (Å²) in [6.45, 7) is 4.26. The molecule has 0 saturated carbocycles. The molecule has 0 spiro atoms. The third-order valence-corrected chi connectivity index (χ3v) is 6.41. The van der Waals surface area contributed by atoms with Crippen molar-refractivity contribution in [1.82, 2.24) is 0 Å². The predicted molar refractivity (Wildman–Crippen MR) is 110 cm³/mol. The number of aryl methyl sites for hydroxylation is 1. The molecule has 7 heteroatoms. The molecule has 2 aromatic heterocycles. The van der Waals surface area contributed by atoms with Crippen molar-refractivity contribution in [3.05, 3.63) is 72.8 Å². The Morgan fingerprint density at radius 3 is 2.50 bits per heavy atom. The molecule has 3 rings (SSSR count). The van der Waals surface area contributed by atoms with Gasteiger partial charge in [0.15, 0.2) is 0 Å². The molecule has 0 aliphatic carbocycles. The molecule has 2 heterocycles. The van der Waals surface area contributed by atoms with Gasteiger partial charge in [-0.3, -0.25) is 9.62 Å². The molecule has 0 amide bonds. The first-order chi connectivity index (χ1) is 13.5. The topological polar surface area (TPSA) is 76.7 Å². The summed E-state index contributed by atoms with van der Waals surface area (Å²) < 4.78 is 32.8. The van der Waals surface area contributed by atoms with Gasteiger partial charge in [0, 0.05) is 19.0 Å². The van der Waals surface area contributed by atoms with Gasteiger partial charge in [0.25, 0.3) is 15.8 Å². The van der Waals surface area contributed by atoms with Crippen molar-refractivity contribution in [3.63, 3.8) is 0 Å². The fourth-order valence-electron chi connectivity index (χ4n) is 3.02. The molecule has 0 radical (unpaired) electrons. The van der Waals surface area contributed by atoms with Gasteiger partial charge in [-0.15, -0.1) is 0 Å². The maximum atomic E-state index is 13.0. The minimum absolute atomic E-state index is 0.209. The summed E-state index contributed by atoms with van der Waals surface area (Å²) in [4.78, 5) is 3.29. The maximum Gasteiger partial charge on any atom is 0.272 e. The molecule has 0 unspecified atom stereocenters. The highest BCUT2D eigenvalue weighted by molar-refractivity contribution is 7.92. The number of rotatable bonds is 9. The number of anilines is 2. The number of aromatic amines is 1. The van der Waals surface area contributed by atoms with Crippen molar-refractivity contribution in [2.24, 2.45) is 0 Å². The van der Waals surface area contributed by atoms with E-state index in [4.69, 9.17) is 4.42 Å². The van der Waals surface area contributed by atoms with Crippen molar-refractivity contribution in [2.45, 2.75) is 37.6 Å². The van der Waals surface area contributed by atoms with Crippen LogP contribution < -0.4 is 14.6 Å². The number of hydrogen-bond donors (Lipinski definition) is 1. The van der Waals surface area contributed by atoms with Crippen molar-refractivity contribution in [1.29, 1.82) is 0 Å². The van der Waals surface area contributed by atoms with E-state index in [9.17, 15) is 8.42 Å². The highest BCUT2D eigenvalue weighted by Crippen LogP contribution is 2.22. The molecular formula is C21H26N3O3S+. The summed E-state index contributed by atoms with van der Waals surface area (Å²) in [7, 11) is -3.63. The lowest BCUT2D eigenvalue weighted by molar-refractivity contribution is -0.364. The third kappa shape index (κ3) is 4.72. The molecule has 0 aliphatic rings. The zero-order valence-corrected chi connectivity index (χ0v) is 16.9. The zero-order valence-electron chi connectivity index (χ0n) is 16.1. The van der Waals surface area contributed by atoms with Gasteiger partial charge in [-0.05, 0) is 50.6 Å². The minimum atomic E-state index is -3.63. The first-order valence-corrected chi connectivity index (χ1v) is 10.8. The fourth-order valence-corrected chi connectivity index (χ4v) is 4.47. The van der Waals surface area contributed by atoms with Crippen LogP contribution in [0.2, 0.25) is 0 Å². The molecular weight excluding hydrogens is 374 g/mol. The highest BCUT2D eigenvalue weighted by Gasteiger charge is 2.25. The summed E-state index contributed by atoms with van der Waals surface area (Å²) in [5, 5.41) is 3.35. The number of H-pyrrole nitrogens is 1. The number of sulfonamides is 1. The predicted octanol–water partition coefficient (Wildman–Crippen LogP) is 3.74. The van der Waals surface area contributed by atoms with E-state index in [0.717, 1.165) is 24.4 Å². The van der Waals surface area contributed by atoms with E-state index in [1.54, 1.807) is 30.5 Å². The Labute approximate surface area is 166 Å². The fraction of sp³-hybridized carbons (Fsp3) is 0.286. The highest BCUT2D eigenvalue weighted by atomic mass is 32.2. The molecule has 28 heavy (non-hydrogen) atoms. The van der Waals surface area contributed by atoms with E-state index >= 15 is 0 Å². The van der Waals surface area contributed by atoms with Gasteiger partial charge in [-0.2, -0.15) is 0 Å². The summed E-state index contributed by atoms with van der Waals surface area (Å²) in [6.07, 6.45) is 4.95. The van der Waals surface area contributed by atoms with Crippen LogP contribution in [0.15, 0.2) is 76.4 Å². The van der Waals surface area contributed by atoms with Crippen molar-refractivity contribution in [3.8, 4) is 0 Å². The Kier molecular flexibility index (Phi) is 6.36. The Balaban J connectivity index is 1.67. The molecule has 148 valence electrons. The summed E-state index contributed by atoms with van der Waals surface area (Å²) in [5.41, 5.74) is 0.652. The van der Waals surface area contributed by atoms with Crippen LogP contribution in [0, 0.1) is 0 Å². The zero-order chi connectivity index (χ0) is 20.0. The lowest BCUT2D eigenvalue weighted by Crippen LogP contribution is -2.32. The van der Waals surface area contributed by atoms with E-state index in [1.807, 2.05) is 37.3 Å². The summed E-state index contributed by atoms with van der Waals surface area (Å²) in [6, 6.07) is 16.6. The molecule has 6 nitrogen and oxygen atoms in total. The number of para-hydroxylation sites is 1. The first-order valence-electron chi connectivity index (χ1n) is 9.39. The summed E-state index contributed by atoms with van der Waals surface area (Å²) >= 11 is 0. The van der Waals surface area contributed by atoms with Gasteiger partial charge in [-0.1, -0.05) is 18.2 Å². The van der Waals surface area contributed by atoms with E-state index in [0.29, 0.717) is 12.2 Å². The molecule has 0 saturated heterocycles. The average molecular weight is 401 g/mol. The maximum absolute atomic E-state index is 13.0. The lowest BCUT2D eigenvalue weighted by Gasteiger charge is -2.22. The molecule has 3 aromatic rings. The Morgan fingerprint density at radius 2 is 1.89 bits per heavy atom. The Morgan fingerprint density at radius 1 is 1.11 bits per heavy atom. The van der Waals surface area contributed by atoms with Crippen LogP contribution in [0.5, 0.6) is 0 Å². The minimum Gasteiger partial charge on any atom is -0.469 e. The first kappa shape index (κ1) is 19.9. The van der Waals surface area contributed by atoms with Crippen LogP contribution in [0.25, 0.3) is 0 Å².